The van der Waals surface area contributed by atoms with Crippen LogP contribution >= 0.6 is 0 Å². The molecule has 3 aromatic rings. The lowest BCUT2D eigenvalue weighted by Crippen LogP contribution is -2.16. The maximum absolute atomic E-state index is 11.9. The number of ether oxygens (including phenoxy) is 1. The Morgan fingerprint density at radius 2 is 1.69 bits per heavy atom. The molecule has 2 amide bonds. The summed E-state index contributed by atoms with van der Waals surface area (Å²) in [7, 11) is 0. The first-order valence-corrected chi connectivity index (χ1v) is 9.98. The molecule has 0 spiro atoms. The molecule has 0 bridgehead atoms. The number of nitrogens with zero attached hydrogens (tertiary/aromatic N) is 1. The van der Waals surface area contributed by atoms with Crippen LogP contribution in [0.3, 0.4) is 0 Å². The number of primary amides is 1. The first-order chi connectivity index (χ1) is 15.4. The topological polar surface area (TPSA) is 137 Å². The lowest BCUT2D eigenvalue weighted by molar-refractivity contribution is -0.144. The van der Waals surface area contributed by atoms with Crippen LogP contribution in [0.25, 0.3) is 0 Å². The Bertz CT molecular complexity index is 1050. The summed E-state index contributed by atoms with van der Waals surface area (Å²) in [6, 6.07) is 21.2. The second kappa shape index (κ2) is 12.5. The number of pyridine rings is 1. The SMILES string of the molecule is CCC(=O)OCc1ccccc1.NC(=O)c1cccc(NC(=O)Cc2cccc(N)n2)c1. The maximum atomic E-state index is 11.9. The molecule has 0 atom stereocenters. The van der Waals surface area contributed by atoms with E-state index >= 15 is 0 Å². The van der Waals surface area contributed by atoms with E-state index in [0.717, 1.165) is 5.56 Å². The molecule has 3 rings (SSSR count). The summed E-state index contributed by atoms with van der Waals surface area (Å²) in [5.41, 5.74) is 13.2. The van der Waals surface area contributed by atoms with Gasteiger partial charge >= 0.3 is 5.97 Å². The van der Waals surface area contributed by atoms with Crippen LogP contribution in [0.4, 0.5) is 11.5 Å². The van der Waals surface area contributed by atoms with Gasteiger partial charge in [-0.15, -0.1) is 0 Å². The van der Waals surface area contributed by atoms with Crippen LogP contribution < -0.4 is 16.8 Å². The molecule has 0 fully saturated rings. The quantitative estimate of drug-likeness (QED) is 0.489. The molecule has 1 heterocycles. The lowest BCUT2D eigenvalue weighted by Gasteiger charge is -2.06. The van der Waals surface area contributed by atoms with Gasteiger partial charge in [-0.1, -0.05) is 49.4 Å². The van der Waals surface area contributed by atoms with Crippen molar-refractivity contribution in [2.24, 2.45) is 5.73 Å². The fraction of sp³-hybridized carbons (Fsp3) is 0.167. The van der Waals surface area contributed by atoms with Gasteiger partial charge in [0.1, 0.15) is 12.4 Å². The number of nitrogen functional groups attached to an aromatic ring is 1. The summed E-state index contributed by atoms with van der Waals surface area (Å²) in [6.45, 7) is 2.17. The molecule has 0 aliphatic rings. The van der Waals surface area contributed by atoms with Crippen molar-refractivity contribution in [3.8, 4) is 0 Å². The van der Waals surface area contributed by atoms with E-state index in [1.54, 1.807) is 43.3 Å². The van der Waals surface area contributed by atoms with Crippen LogP contribution in [-0.2, 0) is 27.4 Å². The predicted octanol–water partition coefficient (Wildman–Crippen LogP) is 3.08. The zero-order valence-electron chi connectivity index (χ0n) is 17.8. The fourth-order valence-electron chi connectivity index (χ4n) is 2.56. The molecule has 0 radical (unpaired) electrons. The average Bonchev–Trinajstić information content (AvgIpc) is 2.78. The zero-order valence-corrected chi connectivity index (χ0v) is 17.8. The van der Waals surface area contributed by atoms with Gasteiger partial charge in [-0.3, -0.25) is 14.4 Å². The van der Waals surface area contributed by atoms with Gasteiger partial charge in [-0.2, -0.15) is 0 Å². The molecule has 5 N–H and O–H groups in total. The van der Waals surface area contributed by atoms with E-state index in [4.69, 9.17) is 16.2 Å². The summed E-state index contributed by atoms with van der Waals surface area (Å²) in [5, 5.41) is 2.68. The summed E-state index contributed by atoms with van der Waals surface area (Å²) in [4.78, 5) is 37.7. The molecule has 0 aliphatic carbocycles. The van der Waals surface area contributed by atoms with Gasteiger partial charge in [0.25, 0.3) is 0 Å². The highest BCUT2D eigenvalue weighted by Gasteiger charge is 2.07. The molecule has 2 aromatic carbocycles. The van der Waals surface area contributed by atoms with E-state index in [1.807, 2.05) is 30.3 Å². The Kier molecular flexibility index (Phi) is 9.39. The van der Waals surface area contributed by atoms with Crippen molar-refractivity contribution in [3.05, 3.63) is 89.6 Å². The van der Waals surface area contributed by atoms with Crippen molar-refractivity contribution < 1.29 is 19.1 Å². The van der Waals surface area contributed by atoms with E-state index in [0.29, 0.717) is 35.8 Å². The molecule has 166 valence electrons. The number of carbonyl (C=O) groups is 3. The number of esters is 1. The summed E-state index contributed by atoms with van der Waals surface area (Å²) >= 11 is 0. The van der Waals surface area contributed by atoms with E-state index < -0.39 is 5.91 Å². The molecule has 32 heavy (non-hydrogen) atoms. The standard InChI is InChI=1S/C14H14N4O2.C10H12O2/c15-12-6-2-5-11(17-12)8-13(19)18-10-4-1-3-9(7-10)14(16)20;1-2-10(11)12-8-9-6-4-3-5-7-9/h1-7H,8H2,(H2,15,17)(H2,16,20)(H,18,19);3-7H,2,8H2,1H3. The van der Waals surface area contributed by atoms with Gasteiger partial charge in [0.2, 0.25) is 11.8 Å². The Morgan fingerprint density at radius 3 is 2.34 bits per heavy atom. The van der Waals surface area contributed by atoms with Crippen LogP contribution in [0, 0.1) is 0 Å². The third kappa shape index (κ3) is 8.66. The van der Waals surface area contributed by atoms with Crippen molar-refractivity contribution in [1.82, 2.24) is 4.98 Å². The zero-order chi connectivity index (χ0) is 23.3. The van der Waals surface area contributed by atoms with E-state index in [-0.39, 0.29) is 18.3 Å². The second-order valence-electron chi connectivity index (χ2n) is 6.72. The number of rotatable bonds is 7. The van der Waals surface area contributed by atoms with Crippen molar-refractivity contribution in [1.29, 1.82) is 0 Å². The minimum Gasteiger partial charge on any atom is -0.461 e. The molecule has 0 saturated heterocycles. The van der Waals surface area contributed by atoms with Crippen molar-refractivity contribution >= 4 is 29.3 Å². The normalized spacial score (nSPS) is 9.78. The van der Waals surface area contributed by atoms with Crippen LogP contribution in [0.5, 0.6) is 0 Å². The Labute approximate surface area is 186 Å². The van der Waals surface area contributed by atoms with E-state index in [1.165, 1.54) is 6.07 Å². The van der Waals surface area contributed by atoms with Gasteiger partial charge in [-0.05, 0) is 35.9 Å². The first kappa shape index (κ1) is 24.1. The highest BCUT2D eigenvalue weighted by atomic mass is 16.5. The number of anilines is 2. The number of hydrogen-bond donors (Lipinski definition) is 3. The van der Waals surface area contributed by atoms with Crippen molar-refractivity contribution in [2.45, 2.75) is 26.4 Å². The van der Waals surface area contributed by atoms with E-state index in [9.17, 15) is 14.4 Å². The summed E-state index contributed by atoms with van der Waals surface area (Å²) in [5.74, 6) is -0.576. The average molecular weight is 434 g/mol. The van der Waals surface area contributed by atoms with Crippen molar-refractivity contribution in [3.63, 3.8) is 0 Å². The number of nitrogens with one attached hydrogen (secondary N) is 1. The molecule has 1 aromatic heterocycles. The first-order valence-electron chi connectivity index (χ1n) is 9.98. The molecule has 0 aliphatic heterocycles. The largest absolute Gasteiger partial charge is 0.461 e. The second-order valence-corrected chi connectivity index (χ2v) is 6.72. The van der Waals surface area contributed by atoms with Crippen LogP contribution in [0.2, 0.25) is 0 Å². The fourth-order valence-corrected chi connectivity index (χ4v) is 2.56. The van der Waals surface area contributed by atoms with Crippen LogP contribution in [-0.4, -0.2) is 22.8 Å². The third-order valence-corrected chi connectivity index (χ3v) is 4.13. The van der Waals surface area contributed by atoms with Gasteiger partial charge in [0.15, 0.2) is 0 Å². The van der Waals surface area contributed by atoms with Crippen LogP contribution in [0.1, 0.15) is 35.0 Å². The van der Waals surface area contributed by atoms with Gasteiger partial charge < -0.3 is 21.5 Å². The van der Waals surface area contributed by atoms with E-state index in [2.05, 4.69) is 10.3 Å². The lowest BCUT2D eigenvalue weighted by atomic mass is 10.2. The highest BCUT2D eigenvalue weighted by Crippen LogP contribution is 2.11. The highest BCUT2D eigenvalue weighted by molar-refractivity contribution is 5.96. The minimum absolute atomic E-state index is 0.103. The molecule has 8 nitrogen and oxygen atoms in total. The van der Waals surface area contributed by atoms with Gasteiger partial charge in [-0.25, -0.2) is 4.98 Å². The summed E-state index contributed by atoms with van der Waals surface area (Å²) in [6.07, 6.45) is 0.540. The molecular weight excluding hydrogens is 408 g/mol. The third-order valence-electron chi connectivity index (χ3n) is 4.13. The number of aromatic nitrogens is 1. The van der Waals surface area contributed by atoms with Crippen LogP contribution in [0.15, 0.2) is 72.8 Å². The molecule has 8 heteroatoms. The Hall–Kier alpha value is -4.20. The predicted molar refractivity (Wildman–Crippen MR) is 122 cm³/mol. The minimum atomic E-state index is -0.543. The molecule has 0 unspecified atom stereocenters. The summed E-state index contributed by atoms with van der Waals surface area (Å²) < 4.78 is 4.94. The Morgan fingerprint density at radius 1 is 0.969 bits per heavy atom. The molecule has 0 saturated carbocycles. The number of carbonyl (C=O) groups excluding carboxylic acids is 3. The number of amides is 2. The Balaban J connectivity index is 0.000000258. The smallest absolute Gasteiger partial charge is 0.305 e. The number of benzene rings is 2. The number of nitrogens with two attached hydrogens (primary N) is 2. The van der Waals surface area contributed by atoms with Crippen molar-refractivity contribution in [2.75, 3.05) is 11.1 Å². The maximum Gasteiger partial charge on any atom is 0.305 e. The molecular formula is C24H26N4O4. The van der Waals surface area contributed by atoms with Gasteiger partial charge in [0, 0.05) is 17.7 Å². The number of hydrogen-bond acceptors (Lipinski definition) is 6. The monoisotopic (exact) mass is 434 g/mol. The van der Waals surface area contributed by atoms with Gasteiger partial charge in [0.05, 0.1) is 12.1 Å².